The van der Waals surface area contributed by atoms with Gasteiger partial charge in [-0.3, -0.25) is 4.90 Å². The van der Waals surface area contributed by atoms with Gasteiger partial charge in [0.15, 0.2) is 0 Å². The molecule has 1 fully saturated rings. The summed E-state index contributed by atoms with van der Waals surface area (Å²) in [7, 11) is 1.67. The van der Waals surface area contributed by atoms with E-state index in [0.29, 0.717) is 0 Å². The number of methoxy groups -OCH3 is 1. The summed E-state index contributed by atoms with van der Waals surface area (Å²) in [6.45, 7) is 2.06. The highest BCUT2D eigenvalue weighted by Gasteiger charge is 2.29. The van der Waals surface area contributed by atoms with Gasteiger partial charge in [-0.15, -0.1) is 0 Å². The number of fused-ring (bicyclic) bond motifs is 1. The molecule has 0 bridgehead atoms. The van der Waals surface area contributed by atoms with Gasteiger partial charge in [0, 0.05) is 0 Å². The Kier molecular flexibility index (Phi) is 4.12. The average Bonchev–Trinajstić information content (AvgIpc) is 3.21. The molecule has 0 spiro atoms. The molecule has 3 heterocycles. The molecule has 0 saturated carbocycles. The van der Waals surface area contributed by atoms with Gasteiger partial charge in [-0.25, -0.2) is 4.98 Å². The smallest absolute Gasteiger partial charge is 0.230 e. The van der Waals surface area contributed by atoms with Gasteiger partial charge in [-0.2, -0.15) is 9.61 Å². The third-order valence-electron chi connectivity index (χ3n) is 4.57. The number of hydrogen-bond acceptors (Lipinski definition) is 6. The van der Waals surface area contributed by atoms with Crippen molar-refractivity contribution in [3.8, 4) is 11.6 Å². The van der Waals surface area contributed by atoms with Gasteiger partial charge in [0.05, 0.1) is 18.0 Å². The van der Waals surface area contributed by atoms with Crippen molar-refractivity contribution in [3.63, 3.8) is 0 Å². The molecule has 0 radical (unpaired) electrons. The lowest BCUT2D eigenvalue weighted by Gasteiger charge is -2.34. The Morgan fingerprint density at radius 3 is 2.58 bits per heavy atom. The van der Waals surface area contributed by atoms with Crippen LogP contribution in [0.2, 0.25) is 0 Å². The van der Waals surface area contributed by atoms with Crippen molar-refractivity contribution in [2.75, 3.05) is 20.2 Å². The molecule has 6 nitrogen and oxygen atoms in total. The molecule has 2 aromatic heterocycles. The molecule has 0 amide bonds. The Balaban J connectivity index is 1.79. The summed E-state index contributed by atoms with van der Waals surface area (Å²) in [6, 6.07) is 8.12. The average molecular weight is 344 g/mol. The number of benzene rings is 1. The van der Waals surface area contributed by atoms with E-state index in [1.54, 1.807) is 7.11 Å². The van der Waals surface area contributed by atoms with Crippen molar-refractivity contribution in [1.82, 2.24) is 19.5 Å². The molecule has 4 rings (SSSR count). The van der Waals surface area contributed by atoms with E-state index in [4.69, 9.17) is 4.74 Å². The van der Waals surface area contributed by atoms with E-state index >= 15 is 0 Å². The van der Waals surface area contributed by atoms with Crippen LogP contribution in [-0.2, 0) is 0 Å². The van der Waals surface area contributed by atoms with Gasteiger partial charge in [-0.05, 0) is 43.6 Å². The van der Waals surface area contributed by atoms with Crippen molar-refractivity contribution in [1.29, 1.82) is 0 Å². The largest absolute Gasteiger partial charge is 0.497 e. The van der Waals surface area contributed by atoms with Crippen LogP contribution in [0, 0.1) is 0 Å². The maximum atomic E-state index is 10.7. The minimum atomic E-state index is 0.0182. The second-order valence-corrected chi connectivity index (χ2v) is 7.03. The van der Waals surface area contributed by atoms with Crippen LogP contribution in [0.4, 0.5) is 0 Å². The van der Waals surface area contributed by atoms with Crippen LogP contribution in [0.15, 0.2) is 30.6 Å². The number of likely N-dealkylation sites (tertiary alicyclic amines) is 1. The molecule has 126 valence electrons. The zero-order valence-electron chi connectivity index (χ0n) is 13.6. The van der Waals surface area contributed by atoms with Crippen molar-refractivity contribution in [2.24, 2.45) is 0 Å². The molecule has 0 aliphatic carbocycles. The van der Waals surface area contributed by atoms with E-state index in [1.165, 1.54) is 41.4 Å². The molecule has 1 saturated heterocycles. The Morgan fingerprint density at radius 2 is 1.92 bits per heavy atom. The molecule has 1 unspecified atom stereocenters. The maximum Gasteiger partial charge on any atom is 0.230 e. The standard InChI is InChI=1S/C17H20N4O2S/c1-23-13-7-5-12(6-8-13)14(20-9-3-2-4-10-20)15-16(22)21-17(24-15)18-11-19-21/h5-8,11,14,22H,2-4,9-10H2,1H3. The van der Waals surface area contributed by atoms with Gasteiger partial charge in [0.2, 0.25) is 10.8 Å². The number of thiazole rings is 1. The molecule has 3 aromatic rings. The number of hydrogen-bond donors (Lipinski definition) is 1. The molecule has 1 aliphatic rings. The number of aromatic hydroxyl groups is 1. The van der Waals surface area contributed by atoms with Gasteiger partial charge in [0.1, 0.15) is 12.1 Å². The molecule has 1 atom stereocenters. The number of ether oxygens (including phenoxy) is 1. The first-order valence-electron chi connectivity index (χ1n) is 8.17. The van der Waals surface area contributed by atoms with Crippen LogP contribution in [-0.4, -0.2) is 44.8 Å². The molecule has 1 aliphatic heterocycles. The third kappa shape index (κ3) is 2.63. The van der Waals surface area contributed by atoms with Crippen LogP contribution >= 0.6 is 11.3 Å². The fraction of sp³-hybridized carbons (Fsp3) is 0.412. The summed E-state index contributed by atoms with van der Waals surface area (Å²) < 4.78 is 6.79. The van der Waals surface area contributed by atoms with Crippen molar-refractivity contribution in [3.05, 3.63) is 41.0 Å². The van der Waals surface area contributed by atoms with Gasteiger partial charge in [-0.1, -0.05) is 29.9 Å². The highest BCUT2D eigenvalue weighted by atomic mass is 32.1. The predicted molar refractivity (Wildman–Crippen MR) is 92.8 cm³/mol. The first-order chi connectivity index (χ1) is 11.8. The quantitative estimate of drug-likeness (QED) is 0.788. The Hall–Kier alpha value is -2.12. The topological polar surface area (TPSA) is 62.9 Å². The summed E-state index contributed by atoms with van der Waals surface area (Å²) in [6.07, 6.45) is 5.12. The van der Waals surface area contributed by atoms with Gasteiger partial charge >= 0.3 is 0 Å². The second kappa shape index (κ2) is 6.41. The maximum absolute atomic E-state index is 10.7. The highest BCUT2D eigenvalue weighted by Crippen LogP contribution is 2.40. The van der Waals surface area contributed by atoms with Gasteiger partial charge < -0.3 is 9.84 Å². The Bertz CT molecular complexity index is 821. The Labute approximate surface area is 144 Å². The number of nitrogens with zero attached hydrogens (tertiary/aromatic N) is 4. The van der Waals surface area contributed by atoms with Crippen LogP contribution in [0.1, 0.15) is 35.7 Å². The fourth-order valence-electron chi connectivity index (χ4n) is 3.36. The lowest BCUT2D eigenvalue weighted by atomic mass is 10.0. The fourth-order valence-corrected chi connectivity index (χ4v) is 4.45. The van der Waals surface area contributed by atoms with E-state index in [-0.39, 0.29) is 11.9 Å². The molecule has 1 N–H and O–H groups in total. The van der Waals surface area contributed by atoms with Crippen LogP contribution in [0.25, 0.3) is 4.96 Å². The van der Waals surface area contributed by atoms with Crippen LogP contribution in [0.3, 0.4) is 0 Å². The lowest BCUT2D eigenvalue weighted by molar-refractivity contribution is 0.186. The third-order valence-corrected chi connectivity index (χ3v) is 5.66. The summed E-state index contributed by atoms with van der Waals surface area (Å²) in [4.78, 5) is 8.28. The summed E-state index contributed by atoms with van der Waals surface area (Å²) >= 11 is 1.50. The Morgan fingerprint density at radius 1 is 1.17 bits per heavy atom. The molecule has 24 heavy (non-hydrogen) atoms. The van der Waals surface area contributed by atoms with E-state index < -0.39 is 0 Å². The van der Waals surface area contributed by atoms with E-state index in [1.807, 2.05) is 12.1 Å². The highest BCUT2D eigenvalue weighted by molar-refractivity contribution is 7.17. The SMILES string of the molecule is COc1ccc(C(c2sc3ncnn3c2O)N2CCCCC2)cc1. The van der Waals surface area contributed by atoms with Crippen molar-refractivity contribution in [2.45, 2.75) is 25.3 Å². The first-order valence-corrected chi connectivity index (χ1v) is 8.99. The molecular weight excluding hydrogens is 324 g/mol. The summed E-state index contributed by atoms with van der Waals surface area (Å²) in [5.74, 6) is 1.03. The van der Waals surface area contributed by atoms with E-state index in [2.05, 4.69) is 27.1 Å². The lowest BCUT2D eigenvalue weighted by Crippen LogP contribution is -2.34. The number of aromatic nitrogens is 3. The van der Waals surface area contributed by atoms with Crippen LogP contribution in [0.5, 0.6) is 11.6 Å². The zero-order chi connectivity index (χ0) is 16.5. The van der Waals surface area contributed by atoms with Crippen molar-refractivity contribution < 1.29 is 9.84 Å². The minimum absolute atomic E-state index is 0.0182. The number of piperidine rings is 1. The molecule has 7 heteroatoms. The molecule has 1 aromatic carbocycles. The van der Waals surface area contributed by atoms with E-state index in [9.17, 15) is 5.11 Å². The predicted octanol–water partition coefficient (Wildman–Crippen LogP) is 3.08. The van der Waals surface area contributed by atoms with E-state index in [0.717, 1.165) is 34.2 Å². The van der Waals surface area contributed by atoms with Crippen molar-refractivity contribution >= 4 is 16.3 Å². The first kappa shape index (κ1) is 15.4. The normalized spacial score (nSPS) is 17.2. The monoisotopic (exact) mass is 344 g/mol. The zero-order valence-corrected chi connectivity index (χ0v) is 14.4. The summed E-state index contributed by atoms with van der Waals surface area (Å²) in [5, 5.41) is 14.8. The van der Waals surface area contributed by atoms with Crippen LogP contribution < -0.4 is 4.74 Å². The molecular formula is C17H20N4O2S. The summed E-state index contributed by atoms with van der Waals surface area (Å²) in [5.41, 5.74) is 1.15. The van der Waals surface area contributed by atoms with Gasteiger partial charge in [0.25, 0.3) is 0 Å². The number of rotatable bonds is 4. The minimum Gasteiger partial charge on any atom is -0.497 e. The second-order valence-electron chi connectivity index (χ2n) is 6.02.